The molecule has 1 aliphatic carbocycles. The summed E-state index contributed by atoms with van der Waals surface area (Å²) in [5.41, 5.74) is 3.29. The zero-order valence-electron chi connectivity index (χ0n) is 20.0. The molecule has 5 rings (SSSR count). The number of fused-ring (bicyclic) bond motifs is 1. The average Bonchev–Trinajstić information content (AvgIpc) is 2.88. The molecule has 1 fully saturated rings. The summed E-state index contributed by atoms with van der Waals surface area (Å²) >= 11 is 0. The number of amides is 1. The molecule has 0 bridgehead atoms. The standard InChI is InChI=1S/C28H31N3O4/c1-19-29-25-18-30(28(34)35-23-14-12-22(32)13-15-23)17-16-24(25)27(33)31(19)26(20-8-4-2-5-9-20)21-10-6-3-7-11-21/h2-11,22-23,26,32H,12-18H2,1H3/t22-,23-. The minimum atomic E-state index is -0.368. The van der Waals surface area contributed by atoms with Gasteiger partial charge in [0.15, 0.2) is 0 Å². The summed E-state index contributed by atoms with van der Waals surface area (Å²) in [4.78, 5) is 33.1. The molecule has 0 radical (unpaired) electrons. The van der Waals surface area contributed by atoms with Crippen molar-refractivity contribution >= 4 is 6.09 Å². The normalized spacial score (nSPS) is 19.9. The number of ether oxygens (including phenoxy) is 1. The molecular formula is C28H31N3O4. The van der Waals surface area contributed by atoms with E-state index in [9.17, 15) is 14.7 Å². The highest BCUT2D eigenvalue weighted by molar-refractivity contribution is 5.68. The van der Waals surface area contributed by atoms with E-state index in [1.807, 2.05) is 67.6 Å². The van der Waals surface area contributed by atoms with Crippen molar-refractivity contribution in [1.82, 2.24) is 14.5 Å². The first-order chi connectivity index (χ1) is 17.0. The predicted octanol–water partition coefficient (Wildman–Crippen LogP) is 3.99. The fourth-order valence-corrected chi connectivity index (χ4v) is 5.22. The largest absolute Gasteiger partial charge is 0.446 e. The van der Waals surface area contributed by atoms with E-state index in [0.29, 0.717) is 55.7 Å². The maximum absolute atomic E-state index is 13.8. The molecule has 2 heterocycles. The van der Waals surface area contributed by atoms with E-state index in [1.54, 1.807) is 9.47 Å². The van der Waals surface area contributed by atoms with E-state index in [2.05, 4.69) is 0 Å². The second-order valence-corrected chi connectivity index (χ2v) is 9.47. The monoisotopic (exact) mass is 473 g/mol. The fraction of sp³-hybridized carbons (Fsp3) is 0.393. The third kappa shape index (κ3) is 4.86. The van der Waals surface area contributed by atoms with E-state index in [-0.39, 0.29) is 36.4 Å². The van der Waals surface area contributed by atoms with Crippen LogP contribution in [0.4, 0.5) is 4.79 Å². The molecule has 7 heteroatoms. The van der Waals surface area contributed by atoms with Gasteiger partial charge in [0.2, 0.25) is 0 Å². The van der Waals surface area contributed by atoms with Crippen LogP contribution in [-0.4, -0.2) is 44.4 Å². The lowest BCUT2D eigenvalue weighted by molar-refractivity contribution is 0.0151. The number of rotatable bonds is 4. The Bertz CT molecular complexity index is 1190. The Morgan fingerprint density at radius 1 is 1.00 bits per heavy atom. The lowest BCUT2D eigenvalue weighted by atomic mass is 9.95. The van der Waals surface area contributed by atoms with Gasteiger partial charge in [0, 0.05) is 12.1 Å². The van der Waals surface area contributed by atoms with Crippen molar-refractivity contribution < 1.29 is 14.6 Å². The number of hydrogen-bond acceptors (Lipinski definition) is 5. The molecule has 2 aliphatic rings. The Labute approximate surface area is 205 Å². The number of aliphatic hydroxyl groups is 1. The van der Waals surface area contributed by atoms with E-state index in [1.165, 1.54) is 0 Å². The number of nitrogens with zero attached hydrogens (tertiary/aromatic N) is 3. The number of aryl methyl sites for hydroxylation is 1. The van der Waals surface area contributed by atoms with Crippen LogP contribution >= 0.6 is 0 Å². The third-order valence-electron chi connectivity index (χ3n) is 7.10. The van der Waals surface area contributed by atoms with E-state index in [0.717, 1.165) is 11.1 Å². The van der Waals surface area contributed by atoms with E-state index in [4.69, 9.17) is 9.72 Å². The minimum Gasteiger partial charge on any atom is -0.446 e. The Kier molecular flexibility index (Phi) is 6.68. The molecule has 1 N–H and O–H groups in total. The summed E-state index contributed by atoms with van der Waals surface area (Å²) in [7, 11) is 0. The van der Waals surface area contributed by atoms with E-state index < -0.39 is 0 Å². The van der Waals surface area contributed by atoms with Crippen molar-refractivity contribution in [2.75, 3.05) is 6.54 Å². The molecular weight excluding hydrogens is 442 g/mol. The molecule has 0 spiro atoms. The minimum absolute atomic E-state index is 0.0560. The van der Waals surface area contributed by atoms with Gasteiger partial charge in [-0.25, -0.2) is 9.78 Å². The fourth-order valence-electron chi connectivity index (χ4n) is 5.22. The summed E-state index contributed by atoms with van der Waals surface area (Å²) < 4.78 is 7.48. The van der Waals surface area contributed by atoms with Crippen LogP contribution in [0, 0.1) is 6.92 Å². The van der Waals surface area contributed by atoms with Crippen molar-refractivity contribution in [2.45, 2.75) is 63.8 Å². The van der Waals surface area contributed by atoms with Crippen LogP contribution in [0.25, 0.3) is 0 Å². The molecule has 0 atom stereocenters. The summed E-state index contributed by atoms with van der Waals surface area (Å²) in [6.45, 7) is 2.54. The van der Waals surface area contributed by atoms with Crippen molar-refractivity contribution in [3.8, 4) is 0 Å². The lowest BCUT2D eigenvalue weighted by Gasteiger charge is -2.32. The van der Waals surface area contributed by atoms with Gasteiger partial charge >= 0.3 is 6.09 Å². The number of hydrogen-bond donors (Lipinski definition) is 1. The zero-order chi connectivity index (χ0) is 24.4. The molecule has 7 nitrogen and oxygen atoms in total. The van der Waals surface area contributed by atoms with Gasteiger partial charge in [-0.05, 0) is 50.2 Å². The second kappa shape index (κ2) is 10.0. The number of aromatic nitrogens is 2. The van der Waals surface area contributed by atoms with Crippen LogP contribution in [0.2, 0.25) is 0 Å². The molecule has 0 unspecified atom stereocenters. The highest BCUT2D eigenvalue weighted by Crippen LogP contribution is 2.28. The molecule has 182 valence electrons. The summed E-state index contributed by atoms with van der Waals surface area (Å²) in [5, 5.41) is 9.69. The first-order valence-corrected chi connectivity index (χ1v) is 12.4. The van der Waals surface area contributed by atoms with Crippen molar-refractivity contribution in [3.63, 3.8) is 0 Å². The number of aliphatic hydroxyl groups excluding tert-OH is 1. The molecule has 3 aromatic rings. The van der Waals surface area contributed by atoms with Gasteiger partial charge in [0.1, 0.15) is 11.9 Å². The summed E-state index contributed by atoms with van der Waals surface area (Å²) in [6.07, 6.45) is 2.29. The maximum atomic E-state index is 13.8. The molecule has 1 aromatic heterocycles. The first kappa shape index (κ1) is 23.3. The quantitative estimate of drug-likeness (QED) is 0.620. The molecule has 1 aliphatic heterocycles. The highest BCUT2D eigenvalue weighted by atomic mass is 16.6. The SMILES string of the molecule is Cc1nc2c(c(=O)n1C(c1ccccc1)c1ccccc1)CCN(C(=O)O[C@H]1CC[C@H](O)CC1)C2. The predicted molar refractivity (Wildman–Crippen MR) is 132 cm³/mol. The van der Waals surface area contributed by atoms with Gasteiger partial charge in [-0.3, -0.25) is 9.36 Å². The molecule has 1 amide bonds. The van der Waals surface area contributed by atoms with Gasteiger partial charge in [0.25, 0.3) is 5.56 Å². The highest BCUT2D eigenvalue weighted by Gasteiger charge is 2.31. The average molecular weight is 474 g/mol. The summed E-state index contributed by atoms with van der Waals surface area (Å²) in [6, 6.07) is 19.7. The van der Waals surface area contributed by atoms with Gasteiger partial charge in [0.05, 0.1) is 24.4 Å². The number of carbonyl (C=O) groups excluding carboxylic acids is 1. The maximum Gasteiger partial charge on any atom is 0.410 e. The van der Waals surface area contributed by atoms with Crippen LogP contribution in [0.1, 0.15) is 59.9 Å². The van der Waals surface area contributed by atoms with Crippen molar-refractivity contribution in [1.29, 1.82) is 0 Å². The molecule has 1 saturated carbocycles. The van der Waals surface area contributed by atoms with Crippen LogP contribution in [0.15, 0.2) is 65.5 Å². The smallest absolute Gasteiger partial charge is 0.410 e. The van der Waals surface area contributed by atoms with Crippen LogP contribution in [0.3, 0.4) is 0 Å². The van der Waals surface area contributed by atoms with Crippen LogP contribution < -0.4 is 5.56 Å². The van der Waals surface area contributed by atoms with E-state index >= 15 is 0 Å². The second-order valence-electron chi connectivity index (χ2n) is 9.47. The van der Waals surface area contributed by atoms with Crippen molar-refractivity contribution in [2.24, 2.45) is 0 Å². The van der Waals surface area contributed by atoms with Gasteiger partial charge < -0.3 is 14.7 Å². The molecule has 2 aromatic carbocycles. The lowest BCUT2D eigenvalue weighted by Crippen LogP contribution is -2.43. The van der Waals surface area contributed by atoms with Gasteiger partial charge in [-0.15, -0.1) is 0 Å². The Balaban J connectivity index is 1.43. The van der Waals surface area contributed by atoms with Crippen LogP contribution in [0.5, 0.6) is 0 Å². The topological polar surface area (TPSA) is 84.7 Å². The molecule has 35 heavy (non-hydrogen) atoms. The summed E-state index contributed by atoms with van der Waals surface area (Å²) in [5.74, 6) is 0.614. The third-order valence-corrected chi connectivity index (χ3v) is 7.10. The van der Waals surface area contributed by atoms with Gasteiger partial charge in [-0.1, -0.05) is 60.7 Å². The number of carbonyl (C=O) groups is 1. The van der Waals surface area contributed by atoms with Gasteiger partial charge in [-0.2, -0.15) is 0 Å². The Hall–Kier alpha value is -3.45. The first-order valence-electron chi connectivity index (χ1n) is 12.4. The Morgan fingerprint density at radius 3 is 2.20 bits per heavy atom. The number of benzene rings is 2. The zero-order valence-corrected chi connectivity index (χ0v) is 20.0. The Morgan fingerprint density at radius 2 is 1.60 bits per heavy atom. The molecule has 0 saturated heterocycles. The van der Waals surface area contributed by atoms with Crippen LogP contribution in [-0.2, 0) is 17.7 Å². The van der Waals surface area contributed by atoms with Crippen molar-refractivity contribution in [3.05, 3.63) is 99.2 Å².